The second kappa shape index (κ2) is 5.83. The monoisotopic (exact) mass is 314 g/mol. The summed E-state index contributed by atoms with van der Waals surface area (Å²) >= 11 is 0. The van der Waals surface area contributed by atoms with Crippen LogP contribution in [0.1, 0.15) is 23.0 Å². The van der Waals surface area contributed by atoms with E-state index in [0.717, 1.165) is 28.6 Å². The molecule has 0 aliphatic carbocycles. The zero-order valence-corrected chi connectivity index (χ0v) is 12.9. The summed E-state index contributed by atoms with van der Waals surface area (Å²) in [5, 5.41) is 3.51. The predicted molar refractivity (Wildman–Crippen MR) is 86.7 cm³/mol. The molecule has 0 saturated carbocycles. The maximum atomic E-state index is 13.8. The molecule has 0 saturated heterocycles. The number of anilines is 1. The van der Waals surface area contributed by atoms with Gasteiger partial charge in [-0.1, -0.05) is 18.2 Å². The van der Waals surface area contributed by atoms with Crippen LogP contribution in [0.3, 0.4) is 0 Å². The van der Waals surface area contributed by atoms with Crippen molar-refractivity contribution in [2.24, 2.45) is 0 Å². The zero-order valence-electron chi connectivity index (χ0n) is 12.9. The highest BCUT2D eigenvalue weighted by atomic mass is 19.1. The molecule has 3 aromatic rings. The Hall–Kier alpha value is -2.69. The third kappa shape index (κ3) is 2.59. The van der Waals surface area contributed by atoms with Crippen LogP contribution in [0, 0.1) is 18.6 Å². The van der Waals surface area contributed by atoms with Crippen LogP contribution in [0.2, 0.25) is 0 Å². The third-order valence-corrected chi connectivity index (χ3v) is 3.93. The highest BCUT2D eigenvalue weighted by Gasteiger charge is 2.20. The molecule has 0 radical (unpaired) electrons. The van der Waals surface area contributed by atoms with Crippen molar-refractivity contribution in [1.29, 1.82) is 0 Å². The van der Waals surface area contributed by atoms with Crippen molar-refractivity contribution in [3.63, 3.8) is 0 Å². The van der Waals surface area contributed by atoms with Crippen molar-refractivity contribution >= 4 is 22.5 Å². The summed E-state index contributed by atoms with van der Waals surface area (Å²) in [5.74, 6) is -1.89. The first-order valence-corrected chi connectivity index (χ1v) is 7.37. The fraction of sp³-hybridized carbons (Fsp3) is 0.167. The topological polar surface area (TPSA) is 34.0 Å². The van der Waals surface area contributed by atoms with Crippen molar-refractivity contribution in [2.45, 2.75) is 20.4 Å². The Bertz CT molecular complexity index is 899. The van der Waals surface area contributed by atoms with Crippen LogP contribution >= 0.6 is 0 Å². The van der Waals surface area contributed by atoms with E-state index < -0.39 is 17.5 Å². The lowest BCUT2D eigenvalue weighted by Crippen LogP contribution is -2.18. The van der Waals surface area contributed by atoms with Crippen molar-refractivity contribution < 1.29 is 13.6 Å². The first kappa shape index (κ1) is 15.2. The van der Waals surface area contributed by atoms with Crippen LogP contribution in [-0.4, -0.2) is 10.5 Å². The molecule has 0 spiro atoms. The molecule has 0 bridgehead atoms. The van der Waals surface area contributed by atoms with Gasteiger partial charge in [-0.05, 0) is 37.6 Å². The second-order valence-electron chi connectivity index (χ2n) is 5.31. The van der Waals surface area contributed by atoms with E-state index in [-0.39, 0.29) is 5.69 Å². The van der Waals surface area contributed by atoms with Gasteiger partial charge >= 0.3 is 0 Å². The van der Waals surface area contributed by atoms with E-state index >= 15 is 0 Å². The molecule has 0 atom stereocenters. The Morgan fingerprint density at radius 3 is 2.61 bits per heavy atom. The van der Waals surface area contributed by atoms with Crippen LogP contribution in [0.15, 0.2) is 42.5 Å². The van der Waals surface area contributed by atoms with E-state index in [2.05, 4.69) is 5.32 Å². The Morgan fingerprint density at radius 2 is 1.91 bits per heavy atom. The van der Waals surface area contributed by atoms with Gasteiger partial charge in [0.25, 0.3) is 5.91 Å². The minimum Gasteiger partial charge on any atom is -0.337 e. The lowest BCUT2D eigenvalue weighted by Gasteiger charge is -2.10. The molecular weight excluding hydrogens is 298 g/mol. The largest absolute Gasteiger partial charge is 0.337 e. The summed E-state index contributed by atoms with van der Waals surface area (Å²) < 4.78 is 28.6. The molecule has 0 unspecified atom stereocenters. The van der Waals surface area contributed by atoms with Crippen molar-refractivity contribution in [1.82, 2.24) is 4.57 Å². The Kier molecular flexibility index (Phi) is 3.86. The number of nitrogens with one attached hydrogen (secondary N) is 1. The van der Waals surface area contributed by atoms with E-state index in [4.69, 9.17) is 0 Å². The molecule has 2 aromatic carbocycles. The zero-order chi connectivity index (χ0) is 16.6. The van der Waals surface area contributed by atoms with Gasteiger partial charge in [-0.3, -0.25) is 4.79 Å². The molecule has 1 N–H and O–H groups in total. The number of halogens is 2. The number of aromatic nitrogens is 1. The third-order valence-electron chi connectivity index (χ3n) is 3.93. The molecule has 0 fully saturated rings. The lowest BCUT2D eigenvalue weighted by atomic mass is 10.1. The summed E-state index contributed by atoms with van der Waals surface area (Å²) in [6.07, 6.45) is 0. The number of aryl methyl sites for hydroxylation is 2. The fourth-order valence-corrected chi connectivity index (χ4v) is 2.87. The number of rotatable bonds is 3. The number of hydrogen-bond acceptors (Lipinski definition) is 1. The quantitative estimate of drug-likeness (QED) is 0.759. The number of hydrogen-bond donors (Lipinski definition) is 1. The Labute approximate surface area is 132 Å². The molecule has 1 aromatic heterocycles. The standard InChI is InChI=1S/C18H16F2N2O/c1-3-22-16-7-5-4-6-13(16)11(2)17(22)18(23)21-15-9-8-12(19)10-14(15)20/h4-10H,3H2,1-2H3,(H,21,23). The number of carbonyl (C=O) groups excluding carboxylic acids is 1. The van der Waals surface area contributed by atoms with Crippen LogP contribution in [0.5, 0.6) is 0 Å². The van der Waals surface area contributed by atoms with Crippen molar-refractivity contribution in [2.75, 3.05) is 5.32 Å². The van der Waals surface area contributed by atoms with E-state index in [1.807, 2.05) is 42.7 Å². The molecule has 5 heteroatoms. The average molecular weight is 314 g/mol. The first-order chi connectivity index (χ1) is 11.0. The van der Waals surface area contributed by atoms with E-state index in [0.29, 0.717) is 12.2 Å². The second-order valence-corrected chi connectivity index (χ2v) is 5.31. The van der Waals surface area contributed by atoms with Gasteiger partial charge in [0.05, 0.1) is 5.69 Å². The van der Waals surface area contributed by atoms with E-state index in [1.165, 1.54) is 6.07 Å². The molecule has 23 heavy (non-hydrogen) atoms. The van der Waals surface area contributed by atoms with Crippen molar-refractivity contribution in [3.8, 4) is 0 Å². The molecule has 118 valence electrons. The maximum Gasteiger partial charge on any atom is 0.272 e. The molecule has 0 aliphatic heterocycles. The van der Waals surface area contributed by atoms with Gasteiger partial charge in [-0.25, -0.2) is 8.78 Å². The van der Waals surface area contributed by atoms with Gasteiger partial charge in [0.2, 0.25) is 0 Å². The normalized spacial score (nSPS) is 11.0. The minimum atomic E-state index is -0.796. The number of nitrogens with zero attached hydrogens (tertiary/aromatic N) is 1. The molecular formula is C18H16F2N2O. The summed E-state index contributed by atoms with van der Waals surface area (Å²) in [4.78, 5) is 12.6. The van der Waals surface area contributed by atoms with Crippen LogP contribution in [-0.2, 0) is 6.54 Å². The number of fused-ring (bicyclic) bond motifs is 1. The number of amides is 1. The minimum absolute atomic E-state index is 0.0382. The van der Waals surface area contributed by atoms with Gasteiger partial charge in [0.15, 0.2) is 0 Å². The van der Waals surface area contributed by atoms with Gasteiger partial charge < -0.3 is 9.88 Å². The van der Waals surface area contributed by atoms with Crippen LogP contribution < -0.4 is 5.32 Å². The van der Waals surface area contributed by atoms with E-state index in [9.17, 15) is 13.6 Å². The average Bonchev–Trinajstić information content (AvgIpc) is 2.83. The molecule has 3 nitrogen and oxygen atoms in total. The first-order valence-electron chi connectivity index (χ1n) is 7.37. The molecule has 3 rings (SSSR count). The molecule has 0 aliphatic rings. The van der Waals surface area contributed by atoms with Gasteiger partial charge in [-0.15, -0.1) is 0 Å². The lowest BCUT2D eigenvalue weighted by molar-refractivity contribution is 0.101. The Balaban J connectivity index is 2.05. The highest BCUT2D eigenvalue weighted by molar-refractivity contribution is 6.08. The van der Waals surface area contributed by atoms with Gasteiger partial charge in [-0.2, -0.15) is 0 Å². The van der Waals surface area contributed by atoms with Gasteiger partial charge in [0.1, 0.15) is 17.3 Å². The van der Waals surface area contributed by atoms with Crippen LogP contribution in [0.4, 0.5) is 14.5 Å². The summed E-state index contributed by atoms with van der Waals surface area (Å²) in [6, 6.07) is 10.8. The molecule has 1 heterocycles. The van der Waals surface area contributed by atoms with Crippen molar-refractivity contribution in [3.05, 3.63) is 65.4 Å². The fourth-order valence-electron chi connectivity index (χ4n) is 2.87. The summed E-state index contributed by atoms with van der Waals surface area (Å²) in [5.41, 5.74) is 2.24. The molecule has 1 amide bonds. The highest BCUT2D eigenvalue weighted by Crippen LogP contribution is 2.26. The SMILES string of the molecule is CCn1c(C(=O)Nc2ccc(F)cc2F)c(C)c2ccccc21. The summed E-state index contributed by atoms with van der Waals surface area (Å²) in [7, 11) is 0. The predicted octanol–water partition coefficient (Wildman–Crippen LogP) is 4.50. The number of carbonyl (C=O) groups is 1. The Morgan fingerprint density at radius 1 is 1.17 bits per heavy atom. The smallest absolute Gasteiger partial charge is 0.272 e. The number of benzene rings is 2. The maximum absolute atomic E-state index is 13.8. The number of para-hydroxylation sites is 1. The van der Waals surface area contributed by atoms with E-state index in [1.54, 1.807) is 0 Å². The van der Waals surface area contributed by atoms with Gasteiger partial charge in [0, 0.05) is 23.5 Å². The van der Waals surface area contributed by atoms with Crippen LogP contribution in [0.25, 0.3) is 10.9 Å². The summed E-state index contributed by atoms with van der Waals surface area (Å²) in [6.45, 7) is 4.43.